The number of methoxy groups -OCH3 is 1. The molecule has 1 amide bonds. The van der Waals surface area contributed by atoms with Gasteiger partial charge in [0.25, 0.3) is 0 Å². The summed E-state index contributed by atoms with van der Waals surface area (Å²) in [6.07, 6.45) is -0.449. The van der Waals surface area contributed by atoms with Crippen molar-refractivity contribution >= 4 is 36.0 Å². The molecule has 0 aliphatic carbocycles. The Morgan fingerprint density at radius 2 is 1.83 bits per heavy atom. The van der Waals surface area contributed by atoms with E-state index in [-0.39, 0.29) is 36.2 Å². The van der Waals surface area contributed by atoms with Crippen LogP contribution in [0.2, 0.25) is 0 Å². The number of carbonyl (C=O) groups excluding carboxylic acids is 1. The van der Waals surface area contributed by atoms with Crippen LogP contribution >= 0.6 is 24.0 Å². The summed E-state index contributed by atoms with van der Waals surface area (Å²) in [5, 5.41) is 6.38. The number of nitrogens with zero attached hydrogens (tertiary/aromatic N) is 2. The Morgan fingerprint density at radius 1 is 1.21 bits per heavy atom. The molecule has 1 aromatic rings. The van der Waals surface area contributed by atoms with Crippen LogP contribution in [0.1, 0.15) is 27.7 Å². The standard InChI is InChI=1S/C20H34N4O4.HI/c1-15(27-17-11-9-8-10-16(17)26-7)14-23-18(21-5)22-12-13-24(6)19(25)28-20(2,3)4;/h8-11,15H,12-14H2,1-7H3,(H2,21,22,23);1H. The highest BCUT2D eigenvalue weighted by molar-refractivity contribution is 14.0. The first kappa shape index (κ1) is 27.1. The molecule has 1 aromatic carbocycles. The summed E-state index contributed by atoms with van der Waals surface area (Å²) in [7, 11) is 5.01. The molecule has 2 N–H and O–H groups in total. The van der Waals surface area contributed by atoms with E-state index in [1.807, 2.05) is 52.0 Å². The van der Waals surface area contributed by atoms with Crippen LogP contribution in [0, 0.1) is 0 Å². The van der Waals surface area contributed by atoms with E-state index < -0.39 is 5.60 Å². The van der Waals surface area contributed by atoms with Gasteiger partial charge in [0.05, 0.1) is 13.7 Å². The molecule has 0 aliphatic heterocycles. The highest BCUT2D eigenvalue weighted by Crippen LogP contribution is 2.26. The number of carbonyl (C=O) groups is 1. The summed E-state index contributed by atoms with van der Waals surface area (Å²) >= 11 is 0. The van der Waals surface area contributed by atoms with Crippen molar-refractivity contribution in [2.75, 3.05) is 40.8 Å². The van der Waals surface area contributed by atoms with Crippen molar-refractivity contribution in [3.05, 3.63) is 24.3 Å². The lowest BCUT2D eigenvalue weighted by Crippen LogP contribution is -2.45. The van der Waals surface area contributed by atoms with Crippen LogP contribution in [0.15, 0.2) is 29.3 Å². The fraction of sp³-hybridized carbons (Fsp3) is 0.600. The van der Waals surface area contributed by atoms with Crippen molar-refractivity contribution in [2.45, 2.75) is 39.4 Å². The summed E-state index contributed by atoms with van der Waals surface area (Å²) in [6, 6.07) is 7.53. The minimum atomic E-state index is -0.506. The topological polar surface area (TPSA) is 84.4 Å². The van der Waals surface area contributed by atoms with Gasteiger partial charge in [-0.05, 0) is 39.8 Å². The summed E-state index contributed by atoms with van der Waals surface area (Å²) in [5.41, 5.74) is -0.506. The van der Waals surface area contributed by atoms with Crippen molar-refractivity contribution in [3.8, 4) is 11.5 Å². The third kappa shape index (κ3) is 11.0. The van der Waals surface area contributed by atoms with E-state index in [2.05, 4.69) is 15.6 Å². The quantitative estimate of drug-likeness (QED) is 0.310. The zero-order valence-corrected chi connectivity index (χ0v) is 20.8. The summed E-state index contributed by atoms with van der Waals surface area (Å²) in [4.78, 5) is 17.7. The number of hydrogen-bond acceptors (Lipinski definition) is 5. The first-order chi connectivity index (χ1) is 13.2. The normalized spacial score (nSPS) is 12.3. The second-order valence-corrected chi connectivity index (χ2v) is 7.36. The Morgan fingerprint density at radius 3 is 2.38 bits per heavy atom. The van der Waals surface area contributed by atoms with E-state index in [4.69, 9.17) is 14.2 Å². The second kappa shape index (κ2) is 13.3. The van der Waals surface area contributed by atoms with Crippen molar-refractivity contribution < 1.29 is 19.0 Å². The number of rotatable bonds is 8. The maximum absolute atomic E-state index is 11.9. The Labute approximate surface area is 191 Å². The Balaban J connectivity index is 0.00000784. The van der Waals surface area contributed by atoms with E-state index in [0.717, 1.165) is 0 Å². The Kier molecular flexibility index (Phi) is 12.5. The monoisotopic (exact) mass is 522 g/mol. The third-order valence-corrected chi connectivity index (χ3v) is 3.62. The Bertz CT molecular complexity index is 650. The van der Waals surface area contributed by atoms with Gasteiger partial charge in [0, 0.05) is 27.2 Å². The molecule has 166 valence electrons. The maximum atomic E-state index is 11.9. The molecule has 0 bridgehead atoms. The van der Waals surface area contributed by atoms with Gasteiger partial charge in [-0.3, -0.25) is 4.99 Å². The zero-order chi connectivity index (χ0) is 21.2. The average molecular weight is 522 g/mol. The van der Waals surface area contributed by atoms with Gasteiger partial charge in [0.1, 0.15) is 11.7 Å². The van der Waals surface area contributed by atoms with Crippen LogP contribution in [0.3, 0.4) is 0 Å². The molecule has 0 heterocycles. The molecule has 9 heteroatoms. The number of aliphatic imine (C=N–C) groups is 1. The van der Waals surface area contributed by atoms with E-state index in [9.17, 15) is 4.79 Å². The van der Waals surface area contributed by atoms with Gasteiger partial charge in [-0.25, -0.2) is 4.79 Å². The molecular formula is C20H35IN4O4. The number of likely N-dealkylation sites (N-methyl/N-ethyl adjacent to an activating group) is 1. The first-order valence-corrected chi connectivity index (χ1v) is 9.34. The third-order valence-electron chi connectivity index (χ3n) is 3.62. The van der Waals surface area contributed by atoms with Crippen molar-refractivity contribution in [1.29, 1.82) is 0 Å². The molecule has 29 heavy (non-hydrogen) atoms. The molecule has 8 nitrogen and oxygen atoms in total. The summed E-state index contributed by atoms with van der Waals surface area (Å²) in [6.45, 7) is 9.08. The molecule has 1 atom stereocenters. The predicted octanol–water partition coefficient (Wildman–Crippen LogP) is 3.11. The SMILES string of the molecule is CN=C(NCCN(C)C(=O)OC(C)(C)C)NCC(C)Oc1ccccc1OC.I. The molecule has 0 spiro atoms. The highest BCUT2D eigenvalue weighted by atomic mass is 127. The number of amides is 1. The zero-order valence-electron chi connectivity index (χ0n) is 18.4. The molecule has 0 saturated carbocycles. The molecule has 0 fully saturated rings. The minimum absolute atomic E-state index is 0. The number of guanidine groups is 1. The van der Waals surface area contributed by atoms with Crippen molar-refractivity contribution in [2.24, 2.45) is 4.99 Å². The molecule has 1 rings (SSSR count). The van der Waals surface area contributed by atoms with E-state index in [1.54, 1.807) is 21.2 Å². The number of para-hydroxylation sites is 2. The number of ether oxygens (including phenoxy) is 3. The predicted molar refractivity (Wildman–Crippen MR) is 127 cm³/mol. The molecule has 0 aliphatic rings. The average Bonchev–Trinajstić information content (AvgIpc) is 2.63. The first-order valence-electron chi connectivity index (χ1n) is 9.34. The minimum Gasteiger partial charge on any atom is -0.493 e. The van der Waals surface area contributed by atoms with Gasteiger partial charge in [0.15, 0.2) is 17.5 Å². The summed E-state index contributed by atoms with van der Waals surface area (Å²) in [5.74, 6) is 2.02. The molecule has 0 radical (unpaired) electrons. The van der Waals surface area contributed by atoms with Gasteiger partial charge < -0.3 is 29.7 Å². The van der Waals surface area contributed by atoms with Gasteiger partial charge in [-0.15, -0.1) is 24.0 Å². The smallest absolute Gasteiger partial charge is 0.410 e. The number of benzene rings is 1. The summed E-state index contributed by atoms with van der Waals surface area (Å²) < 4.78 is 16.5. The van der Waals surface area contributed by atoms with Crippen molar-refractivity contribution in [3.63, 3.8) is 0 Å². The fourth-order valence-electron chi connectivity index (χ4n) is 2.21. The van der Waals surface area contributed by atoms with Crippen LogP contribution in [0.5, 0.6) is 11.5 Å². The lowest BCUT2D eigenvalue weighted by atomic mass is 10.2. The highest BCUT2D eigenvalue weighted by Gasteiger charge is 2.19. The van der Waals surface area contributed by atoms with E-state index in [1.165, 1.54) is 4.90 Å². The molecule has 0 aromatic heterocycles. The van der Waals surface area contributed by atoms with Crippen molar-refractivity contribution in [1.82, 2.24) is 15.5 Å². The van der Waals surface area contributed by atoms with Crippen LogP contribution < -0.4 is 20.1 Å². The number of halogens is 1. The van der Waals surface area contributed by atoms with Crippen LogP contribution in [0.25, 0.3) is 0 Å². The van der Waals surface area contributed by atoms with Crippen LogP contribution in [-0.4, -0.2) is 69.5 Å². The Hall–Kier alpha value is -1.91. The molecule has 0 saturated heterocycles. The van der Waals surface area contributed by atoms with Crippen LogP contribution in [0.4, 0.5) is 4.79 Å². The van der Waals surface area contributed by atoms with Crippen LogP contribution in [-0.2, 0) is 4.74 Å². The van der Waals surface area contributed by atoms with Gasteiger partial charge >= 0.3 is 6.09 Å². The fourth-order valence-corrected chi connectivity index (χ4v) is 2.21. The lowest BCUT2D eigenvalue weighted by molar-refractivity contribution is 0.0302. The lowest BCUT2D eigenvalue weighted by Gasteiger charge is -2.25. The number of hydrogen-bond donors (Lipinski definition) is 2. The van der Waals surface area contributed by atoms with E-state index in [0.29, 0.717) is 37.1 Å². The largest absolute Gasteiger partial charge is 0.493 e. The number of nitrogens with one attached hydrogen (secondary N) is 2. The van der Waals surface area contributed by atoms with Gasteiger partial charge in [0.2, 0.25) is 0 Å². The molecular weight excluding hydrogens is 487 g/mol. The molecule has 1 unspecified atom stereocenters. The second-order valence-electron chi connectivity index (χ2n) is 7.36. The van der Waals surface area contributed by atoms with Gasteiger partial charge in [-0.2, -0.15) is 0 Å². The van der Waals surface area contributed by atoms with E-state index >= 15 is 0 Å². The maximum Gasteiger partial charge on any atom is 0.410 e. The van der Waals surface area contributed by atoms with Gasteiger partial charge in [-0.1, -0.05) is 12.1 Å².